The van der Waals surface area contributed by atoms with Gasteiger partial charge in [-0.1, -0.05) is 133 Å². The Labute approximate surface area is 272 Å². The molecule has 0 fully saturated rings. The van der Waals surface area contributed by atoms with Crippen molar-refractivity contribution >= 4 is 64.9 Å². The molecule has 0 unspecified atom stereocenters. The van der Waals surface area contributed by atoms with Crippen LogP contribution in [-0.4, -0.2) is 4.57 Å². The molecule has 9 aromatic carbocycles. The summed E-state index contributed by atoms with van der Waals surface area (Å²) >= 11 is 0. The Hall–Kier alpha value is -6.18. The highest BCUT2D eigenvalue weighted by Crippen LogP contribution is 2.40. The van der Waals surface area contributed by atoms with Gasteiger partial charge in [0.15, 0.2) is 0 Å². The van der Waals surface area contributed by atoms with Gasteiger partial charge >= 0.3 is 0 Å². The number of nitrogens with zero attached hydrogens (tertiary/aromatic N) is 1. The molecule has 0 atom stereocenters. The molecule has 1 nitrogen and oxygen atoms in total. The van der Waals surface area contributed by atoms with E-state index in [0.29, 0.717) is 0 Å². The largest absolute Gasteiger partial charge is 0.309 e. The summed E-state index contributed by atoms with van der Waals surface area (Å²) in [6.45, 7) is 0. The SMILES string of the molecule is c1cc(-c2ccc(-n3c4ccccc4c4ccccc43)cc2)cc(-c2cccc3cc4c5ccccc5c5ccccc5c4cc23)c1. The van der Waals surface area contributed by atoms with Crippen LogP contribution in [0.15, 0.2) is 176 Å². The molecule has 47 heavy (non-hydrogen) atoms. The predicted octanol–water partition coefficient (Wildman–Crippen LogP) is 12.7. The van der Waals surface area contributed by atoms with E-state index in [1.807, 2.05) is 0 Å². The fourth-order valence-electron chi connectivity index (χ4n) is 7.80. The highest BCUT2D eigenvalue weighted by molar-refractivity contribution is 6.27. The monoisotopic (exact) mass is 595 g/mol. The highest BCUT2D eigenvalue weighted by atomic mass is 15.0. The van der Waals surface area contributed by atoms with Crippen molar-refractivity contribution in [1.82, 2.24) is 4.57 Å². The Balaban J connectivity index is 1.10. The second-order valence-corrected chi connectivity index (χ2v) is 12.5. The van der Waals surface area contributed by atoms with Crippen LogP contribution in [0.5, 0.6) is 0 Å². The number of rotatable bonds is 3. The van der Waals surface area contributed by atoms with Crippen molar-refractivity contribution in [3.8, 4) is 27.9 Å². The first-order valence-electron chi connectivity index (χ1n) is 16.3. The summed E-state index contributed by atoms with van der Waals surface area (Å²) in [4.78, 5) is 0. The second kappa shape index (κ2) is 10.2. The number of fused-ring (bicyclic) bond motifs is 10. The number of benzene rings is 9. The van der Waals surface area contributed by atoms with Crippen LogP contribution in [0.3, 0.4) is 0 Å². The van der Waals surface area contributed by atoms with E-state index in [9.17, 15) is 0 Å². The minimum atomic E-state index is 1.17. The van der Waals surface area contributed by atoms with Gasteiger partial charge in [0, 0.05) is 16.5 Å². The summed E-state index contributed by atoms with van der Waals surface area (Å²) in [5, 5.41) is 12.9. The van der Waals surface area contributed by atoms with Crippen LogP contribution in [0.2, 0.25) is 0 Å². The molecule has 0 bridgehead atoms. The maximum Gasteiger partial charge on any atom is 0.0541 e. The van der Waals surface area contributed by atoms with E-state index in [4.69, 9.17) is 0 Å². The van der Waals surface area contributed by atoms with E-state index < -0.39 is 0 Å². The Morgan fingerprint density at radius 3 is 1.43 bits per heavy atom. The van der Waals surface area contributed by atoms with E-state index in [-0.39, 0.29) is 0 Å². The first-order chi connectivity index (χ1) is 23.3. The Bertz CT molecular complexity index is 2780. The Kier molecular flexibility index (Phi) is 5.64. The maximum absolute atomic E-state index is 2.42. The zero-order chi connectivity index (χ0) is 30.9. The Morgan fingerprint density at radius 2 is 0.787 bits per heavy atom. The van der Waals surface area contributed by atoms with Crippen molar-refractivity contribution in [3.05, 3.63) is 176 Å². The number of hydrogen-bond donors (Lipinski definition) is 0. The van der Waals surface area contributed by atoms with Gasteiger partial charge in [-0.05, 0) is 108 Å². The first-order valence-corrected chi connectivity index (χ1v) is 16.3. The molecule has 0 saturated heterocycles. The molecule has 0 saturated carbocycles. The fourth-order valence-corrected chi connectivity index (χ4v) is 7.80. The van der Waals surface area contributed by atoms with Crippen molar-refractivity contribution < 1.29 is 0 Å². The average molecular weight is 596 g/mol. The van der Waals surface area contributed by atoms with Gasteiger partial charge in [-0.15, -0.1) is 0 Å². The van der Waals surface area contributed by atoms with Crippen molar-refractivity contribution in [1.29, 1.82) is 0 Å². The van der Waals surface area contributed by atoms with Crippen molar-refractivity contribution in [2.75, 3.05) is 0 Å². The third-order valence-corrected chi connectivity index (χ3v) is 9.96. The molecule has 1 heteroatoms. The Morgan fingerprint density at radius 1 is 0.277 bits per heavy atom. The molecule has 0 spiro atoms. The van der Waals surface area contributed by atoms with Crippen molar-refractivity contribution in [2.24, 2.45) is 0 Å². The van der Waals surface area contributed by atoms with E-state index >= 15 is 0 Å². The fraction of sp³-hybridized carbons (Fsp3) is 0. The van der Waals surface area contributed by atoms with E-state index in [1.165, 1.54) is 92.8 Å². The maximum atomic E-state index is 2.42. The smallest absolute Gasteiger partial charge is 0.0541 e. The van der Waals surface area contributed by atoms with Crippen LogP contribution in [0.4, 0.5) is 0 Å². The molecule has 0 aliphatic rings. The predicted molar refractivity (Wildman–Crippen MR) is 202 cm³/mol. The van der Waals surface area contributed by atoms with Gasteiger partial charge in [0.1, 0.15) is 0 Å². The van der Waals surface area contributed by atoms with E-state index in [2.05, 4.69) is 180 Å². The quantitative estimate of drug-likeness (QED) is 0.141. The van der Waals surface area contributed by atoms with E-state index in [1.54, 1.807) is 0 Å². The van der Waals surface area contributed by atoms with Gasteiger partial charge in [0.25, 0.3) is 0 Å². The van der Waals surface area contributed by atoms with Crippen LogP contribution >= 0.6 is 0 Å². The summed E-state index contributed by atoms with van der Waals surface area (Å²) < 4.78 is 2.37. The molecule has 218 valence electrons. The number of aromatic nitrogens is 1. The summed E-state index contributed by atoms with van der Waals surface area (Å²) in [7, 11) is 0. The molecule has 0 aliphatic carbocycles. The van der Waals surface area contributed by atoms with Crippen LogP contribution in [0.25, 0.3) is 92.8 Å². The first kappa shape index (κ1) is 26.1. The van der Waals surface area contributed by atoms with Crippen LogP contribution in [0, 0.1) is 0 Å². The topological polar surface area (TPSA) is 4.93 Å². The third kappa shape index (κ3) is 3.97. The van der Waals surface area contributed by atoms with Gasteiger partial charge in [-0.2, -0.15) is 0 Å². The van der Waals surface area contributed by atoms with E-state index in [0.717, 1.165) is 0 Å². The van der Waals surface area contributed by atoms with Gasteiger partial charge in [-0.25, -0.2) is 0 Å². The summed E-state index contributed by atoms with van der Waals surface area (Å²) in [6.07, 6.45) is 0. The molecule has 0 amide bonds. The minimum absolute atomic E-state index is 1.17. The lowest BCUT2D eigenvalue weighted by atomic mass is 9.89. The average Bonchev–Trinajstić information content (AvgIpc) is 3.48. The molecule has 0 N–H and O–H groups in total. The molecular weight excluding hydrogens is 567 g/mol. The summed E-state index contributed by atoms with van der Waals surface area (Å²) in [5.74, 6) is 0. The normalized spacial score (nSPS) is 11.8. The lowest BCUT2D eigenvalue weighted by Gasteiger charge is -2.14. The molecule has 0 radical (unpaired) electrons. The lowest BCUT2D eigenvalue weighted by molar-refractivity contribution is 1.18. The number of hydrogen-bond acceptors (Lipinski definition) is 0. The molecule has 10 aromatic rings. The van der Waals surface area contributed by atoms with Crippen molar-refractivity contribution in [3.63, 3.8) is 0 Å². The zero-order valence-electron chi connectivity index (χ0n) is 25.7. The molecule has 1 aromatic heterocycles. The van der Waals surface area contributed by atoms with Gasteiger partial charge in [0.2, 0.25) is 0 Å². The van der Waals surface area contributed by atoms with Crippen LogP contribution in [-0.2, 0) is 0 Å². The highest BCUT2D eigenvalue weighted by Gasteiger charge is 2.14. The van der Waals surface area contributed by atoms with Gasteiger partial charge < -0.3 is 4.57 Å². The zero-order valence-corrected chi connectivity index (χ0v) is 25.7. The lowest BCUT2D eigenvalue weighted by Crippen LogP contribution is -1.93. The summed E-state index contributed by atoms with van der Waals surface area (Å²) in [6, 6.07) is 64.5. The van der Waals surface area contributed by atoms with Crippen molar-refractivity contribution in [2.45, 2.75) is 0 Å². The minimum Gasteiger partial charge on any atom is -0.309 e. The standard InChI is InChI=1S/C46H29N/c1-3-16-38-36(14-1)37-15-2-4-17-39(37)44-29-42-33(28-43(38)44)13-10-20-35(42)32-12-9-11-31(27-32)30-23-25-34(26-24-30)47-45-21-7-5-18-40(45)41-19-6-8-22-46(41)47/h1-29H. The van der Waals surface area contributed by atoms with Crippen LogP contribution < -0.4 is 0 Å². The molecule has 10 rings (SSSR count). The molecule has 1 heterocycles. The molecule has 0 aliphatic heterocycles. The van der Waals surface area contributed by atoms with Crippen LogP contribution in [0.1, 0.15) is 0 Å². The number of para-hydroxylation sites is 2. The summed E-state index contributed by atoms with van der Waals surface area (Å²) in [5.41, 5.74) is 8.53. The molecular formula is C46H29N. The van der Waals surface area contributed by atoms with Gasteiger partial charge in [0.05, 0.1) is 11.0 Å². The van der Waals surface area contributed by atoms with Gasteiger partial charge in [-0.3, -0.25) is 0 Å². The second-order valence-electron chi connectivity index (χ2n) is 12.5. The third-order valence-electron chi connectivity index (χ3n) is 9.96.